The predicted octanol–water partition coefficient (Wildman–Crippen LogP) is 1.90. The van der Waals surface area contributed by atoms with Crippen LogP contribution >= 0.6 is 11.3 Å². The van der Waals surface area contributed by atoms with Gasteiger partial charge in [-0.25, -0.2) is 4.98 Å². The maximum atomic E-state index is 10.0. The fourth-order valence-corrected chi connectivity index (χ4v) is 3.53. The maximum Gasteiger partial charge on any atom is 0.244 e. The molecular weight excluding hydrogens is 314 g/mol. The van der Waals surface area contributed by atoms with E-state index in [1.165, 1.54) is 4.88 Å². The number of nitrogens with zero attached hydrogens (tertiary/aromatic N) is 5. The number of hydrogen-bond donors (Lipinski definition) is 1. The van der Waals surface area contributed by atoms with Gasteiger partial charge in [0.1, 0.15) is 5.69 Å². The Kier molecular flexibility index (Phi) is 3.86. The van der Waals surface area contributed by atoms with E-state index in [1.807, 2.05) is 6.07 Å². The van der Waals surface area contributed by atoms with E-state index >= 15 is 0 Å². The van der Waals surface area contributed by atoms with Gasteiger partial charge in [-0.3, -0.25) is 9.88 Å². The minimum absolute atomic E-state index is 0.0787. The topological polar surface area (TPSA) is 88.2 Å². The van der Waals surface area contributed by atoms with Crippen molar-refractivity contribution in [1.29, 1.82) is 0 Å². The average molecular weight is 329 g/mol. The van der Waals surface area contributed by atoms with Gasteiger partial charge in [0.25, 0.3) is 0 Å². The molecule has 0 aliphatic carbocycles. The molecule has 4 heterocycles. The third kappa shape index (κ3) is 3.00. The summed E-state index contributed by atoms with van der Waals surface area (Å²) >= 11 is 1.70. The van der Waals surface area contributed by atoms with Crippen molar-refractivity contribution < 1.29 is 9.63 Å². The first kappa shape index (κ1) is 14.4. The Balaban J connectivity index is 1.57. The van der Waals surface area contributed by atoms with Gasteiger partial charge in [0, 0.05) is 30.4 Å². The number of β-amino-alcohol motifs (C(OH)–C–C–N with tert-alkyl or cyclic N) is 1. The van der Waals surface area contributed by atoms with E-state index in [-0.39, 0.29) is 12.1 Å². The van der Waals surface area contributed by atoms with Crippen LogP contribution in [0.4, 0.5) is 0 Å². The molecule has 118 valence electrons. The van der Waals surface area contributed by atoms with Crippen molar-refractivity contribution in [2.24, 2.45) is 0 Å². The molecule has 3 aromatic rings. The first-order valence-electron chi connectivity index (χ1n) is 7.34. The van der Waals surface area contributed by atoms with Crippen LogP contribution in [0.2, 0.25) is 0 Å². The molecule has 1 aliphatic heterocycles. The Morgan fingerprint density at radius 1 is 1.39 bits per heavy atom. The Bertz CT molecular complexity index is 761. The van der Waals surface area contributed by atoms with Crippen molar-refractivity contribution in [3.8, 4) is 11.5 Å². The van der Waals surface area contributed by atoms with Gasteiger partial charge >= 0.3 is 0 Å². The molecule has 0 bridgehead atoms. The first-order chi connectivity index (χ1) is 11.3. The molecule has 0 spiro atoms. The SMILES string of the molecule is O[C@@H]1C[C@@H](c2nc(-c3cnccn3)no2)N(Cc2cccs2)C1. The number of aliphatic hydroxyl groups excluding tert-OH is 1. The summed E-state index contributed by atoms with van der Waals surface area (Å²) < 4.78 is 5.42. The molecule has 7 nitrogen and oxygen atoms in total. The summed E-state index contributed by atoms with van der Waals surface area (Å²) in [5, 5.41) is 16.1. The molecule has 0 aromatic carbocycles. The zero-order chi connectivity index (χ0) is 15.6. The zero-order valence-corrected chi connectivity index (χ0v) is 13.1. The highest BCUT2D eigenvalue weighted by Gasteiger charge is 2.36. The summed E-state index contributed by atoms with van der Waals surface area (Å²) in [6, 6.07) is 4.04. The van der Waals surface area contributed by atoms with Gasteiger partial charge in [-0.15, -0.1) is 11.3 Å². The second-order valence-electron chi connectivity index (χ2n) is 5.46. The summed E-state index contributed by atoms with van der Waals surface area (Å²) in [5.74, 6) is 0.935. The number of likely N-dealkylation sites (tertiary alicyclic amines) is 1. The Hall–Kier alpha value is -2.16. The molecule has 1 N–H and O–H groups in total. The van der Waals surface area contributed by atoms with Gasteiger partial charge in [0.05, 0.1) is 18.3 Å². The molecule has 4 rings (SSSR count). The number of thiophene rings is 1. The highest BCUT2D eigenvalue weighted by Crippen LogP contribution is 2.33. The fraction of sp³-hybridized carbons (Fsp3) is 0.333. The second kappa shape index (κ2) is 6.15. The molecular formula is C15H15N5O2S. The highest BCUT2D eigenvalue weighted by atomic mass is 32.1. The van der Waals surface area contributed by atoms with Gasteiger partial charge in [-0.05, 0) is 17.9 Å². The third-order valence-corrected chi connectivity index (χ3v) is 4.70. The van der Waals surface area contributed by atoms with Crippen LogP contribution in [0.15, 0.2) is 40.6 Å². The first-order valence-corrected chi connectivity index (χ1v) is 8.22. The number of aliphatic hydroxyl groups is 1. The smallest absolute Gasteiger partial charge is 0.244 e. The summed E-state index contributed by atoms with van der Waals surface area (Å²) in [4.78, 5) is 16.1. The van der Waals surface area contributed by atoms with Crippen molar-refractivity contribution in [3.63, 3.8) is 0 Å². The summed E-state index contributed by atoms with van der Waals surface area (Å²) in [5.41, 5.74) is 0.575. The van der Waals surface area contributed by atoms with Gasteiger partial charge in [0.15, 0.2) is 0 Å². The normalized spacial score (nSPS) is 21.8. The van der Waals surface area contributed by atoms with E-state index in [0.29, 0.717) is 30.4 Å². The quantitative estimate of drug-likeness (QED) is 0.782. The minimum atomic E-state index is -0.383. The fourth-order valence-electron chi connectivity index (χ4n) is 2.80. The number of rotatable bonds is 4. The molecule has 0 unspecified atom stereocenters. The van der Waals surface area contributed by atoms with Crippen LogP contribution in [0.5, 0.6) is 0 Å². The van der Waals surface area contributed by atoms with Crippen LogP contribution in [-0.2, 0) is 6.54 Å². The van der Waals surface area contributed by atoms with E-state index in [0.717, 1.165) is 6.54 Å². The summed E-state index contributed by atoms with van der Waals surface area (Å²) in [6.45, 7) is 1.37. The molecule has 3 aromatic heterocycles. The van der Waals surface area contributed by atoms with Gasteiger partial charge < -0.3 is 9.63 Å². The average Bonchev–Trinajstić information content (AvgIpc) is 3.30. The maximum absolute atomic E-state index is 10.0. The van der Waals surface area contributed by atoms with E-state index in [9.17, 15) is 5.11 Å². The zero-order valence-electron chi connectivity index (χ0n) is 12.2. The molecule has 1 fully saturated rings. The Labute approximate surface area is 136 Å². The van der Waals surface area contributed by atoms with Crippen molar-refractivity contribution >= 4 is 11.3 Å². The molecule has 1 saturated heterocycles. The van der Waals surface area contributed by atoms with E-state index < -0.39 is 0 Å². The molecule has 0 saturated carbocycles. The predicted molar refractivity (Wildman–Crippen MR) is 83.4 cm³/mol. The van der Waals surface area contributed by atoms with Crippen LogP contribution in [0.25, 0.3) is 11.5 Å². The molecule has 0 radical (unpaired) electrons. The van der Waals surface area contributed by atoms with E-state index in [2.05, 4.69) is 36.5 Å². The Morgan fingerprint density at radius 2 is 2.35 bits per heavy atom. The number of aromatic nitrogens is 4. The van der Waals surface area contributed by atoms with Crippen LogP contribution < -0.4 is 0 Å². The largest absolute Gasteiger partial charge is 0.392 e. The summed E-state index contributed by atoms with van der Waals surface area (Å²) in [6.07, 6.45) is 5.00. The van der Waals surface area contributed by atoms with Crippen LogP contribution in [0.1, 0.15) is 23.2 Å². The molecule has 2 atom stereocenters. The minimum Gasteiger partial charge on any atom is -0.392 e. The van der Waals surface area contributed by atoms with E-state index in [4.69, 9.17) is 4.52 Å². The van der Waals surface area contributed by atoms with Crippen molar-refractivity contribution in [2.75, 3.05) is 6.54 Å². The van der Waals surface area contributed by atoms with Gasteiger partial charge in [-0.2, -0.15) is 4.98 Å². The lowest BCUT2D eigenvalue weighted by Gasteiger charge is -2.20. The van der Waals surface area contributed by atoms with Crippen LogP contribution in [0, 0.1) is 0 Å². The molecule has 1 aliphatic rings. The molecule has 0 amide bonds. The van der Waals surface area contributed by atoms with Gasteiger partial charge in [0.2, 0.25) is 11.7 Å². The lowest BCUT2D eigenvalue weighted by atomic mass is 10.2. The monoisotopic (exact) mass is 329 g/mol. The molecule has 23 heavy (non-hydrogen) atoms. The van der Waals surface area contributed by atoms with Crippen molar-refractivity contribution in [1.82, 2.24) is 25.0 Å². The van der Waals surface area contributed by atoms with Crippen molar-refractivity contribution in [3.05, 3.63) is 46.9 Å². The summed E-state index contributed by atoms with van der Waals surface area (Å²) in [7, 11) is 0. The van der Waals surface area contributed by atoms with Crippen molar-refractivity contribution in [2.45, 2.75) is 25.1 Å². The lowest BCUT2D eigenvalue weighted by molar-refractivity contribution is 0.170. The Morgan fingerprint density at radius 3 is 3.13 bits per heavy atom. The van der Waals surface area contributed by atoms with Gasteiger partial charge in [-0.1, -0.05) is 11.2 Å². The number of hydrogen-bond acceptors (Lipinski definition) is 8. The van der Waals surface area contributed by atoms with Crippen LogP contribution in [-0.4, -0.2) is 42.8 Å². The second-order valence-corrected chi connectivity index (χ2v) is 6.49. The standard InChI is InChI=1S/C15H15N5O2S/c21-10-6-13(20(8-10)9-11-2-1-5-23-11)15-18-14(19-22-15)12-7-16-3-4-17-12/h1-5,7,10,13,21H,6,8-9H2/t10-,13+/m1/s1. The highest BCUT2D eigenvalue weighted by molar-refractivity contribution is 7.09. The van der Waals surface area contributed by atoms with Crippen LogP contribution in [0.3, 0.4) is 0 Å². The van der Waals surface area contributed by atoms with E-state index in [1.54, 1.807) is 29.9 Å². The lowest BCUT2D eigenvalue weighted by Crippen LogP contribution is -2.24. The molecule has 8 heteroatoms. The third-order valence-electron chi connectivity index (χ3n) is 3.84.